The number of para-hydroxylation sites is 5. The van der Waals surface area contributed by atoms with Crippen LogP contribution in [-0.4, -0.2) is 28.2 Å². The predicted molar refractivity (Wildman–Crippen MR) is 428 cm³/mol. The van der Waals surface area contributed by atoms with E-state index in [2.05, 4.69) is 382 Å². The van der Waals surface area contributed by atoms with Crippen LogP contribution in [0.2, 0.25) is 0 Å². The van der Waals surface area contributed by atoms with Gasteiger partial charge in [0.05, 0.1) is 67.6 Å². The number of hydrogen-bond acceptors (Lipinski definition) is 2. The van der Waals surface area contributed by atoms with Gasteiger partial charge >= 0.3 is 0 Å². The summed E-state index contributed by atoms with van der Waals surface area (Å²) >= 11 is 0. The minimum Gasteiger partial charge on any atom is -0.309 e. The van der Waals surface area contributed by atoms with Crippen LogP contribution >= 0.6 is 0 Å². The lowest BCUT2D eigenvalue weighted by molar-refractivity contribution is 1.17. The van der Waals surface area contributed by atoms with Gasteiger partial charge in [-0.05, 0) is 177 Å². The van der Waals surface area contributed by atoms with Crippen molar-refractivity contribution in [1.29, 1.82) is 0 Å². The van der Waals surface area contributed by atoms with Crippen molar-refractivity contribution in [2.45, 2.75) is 0 Å². The van der Waals surface area contributed by atoms with Gasteiger partial charge in [0.25, 0.3) is 0 Å². The van der Waals surface area contributed by atoms with Crippen molar-refractivity contribution in [1.82, 2.24) is 28.2 Å². The fourth-order valence-corrected chi connectivity index (χ4v) is 16.0. The Labute approximate surface area is 588 Å². The van der Waals surface area contributed by atoms with Crippen molar-refractivity contribution in [3.05, 3.63) is 376 Å². The first-order chi connectivity index (χ1) is 50.6. The van der Waals surface area contributed by atoms with E-state index in [-0.39, 0.29) is 0 Å². The van der Waals surface area contributed by atoms with Crippen LogP contribution in [0.1, 0.15) is 0 Å². The summed E-state index contributed by atoms with van der Waals surface area (Å²) in [7, 11) is 0. The zero-order chi connectivity index (χ0) is 67.2. The van der Waals surface area contributed by atoms with Gasteiger partial charge in [-0.3, -0.25) is 9.97 Å². The van der Waals surface area contributed by atoms with Gasteiger partial charge in [-0.15, -0.1) is 0 Å². The zero-order valence-electron chi connectivity index (χ0n) is 55.5. The fraction of sp³-hybridized carbons (Fsp3) is 0. The average Bonchev–Trinajstić information content (AvgIpc) is 1.58. The Morgan fingerprint density at radius 2 is 0.431 bits per heavy atom. The van der Waals surface area contributed by atoms with Crippen molar-refractivity contribution < 1.29 is 0 Å². The third-order valence-corrected chi connectivity index (χ3v) is 20.7. The quantitative estimate of drug-likeness (QED) is 0.145. The van der Waals surface area contributed by atoms with E-state index in [0.29, 0.717) is 0 Å². The Kier molecular flexibility index (Phi) is 13.8. The molecule has 0 saturated heterocycles. The Bertz CT molecular complexity index is 6820. The second-order valence-electron chi connectivity index (χ2n) is 26.5. The maximum absolute atomic E-state index is 4.92. The van der Waals surface area contributed by atoms with E-state index < -0.39 is 0 Å². The molecule has 6 heteroatoms. The van der Waals surface area contributed by atoms with Crippen LogP contribution in [0.5, 0.6) is 0 Å². The van der Waals surface area contributed by atoms with Crippen molar-refractivity contribution >= 4 is 109 Å². The van der Waals surface area contributed by atoms with Crippen LogP contribution in [0.25, 0.3) is 187 Å². The summed E-state index contributed by atoms with van der Waals surface area (Å²) in [6.07, 6.45) is 4.08. The second-order valence-corrected chi connectivity index (χ2v) is 26.5. The molecule has 0 unspecified atom stereocenters. The monoisotopic (exact) mass is 1300 g/mol. The standard InChI is InChI=1S/C51H33N3.C45H29N3/c1-3-11-34(12-4-1)36-19-25-40(26-20-36)53-47-18-10-8-15-42(47)44-31-38(23-29-48(44)53)39-24-30-49-45(32-39)51-43-16-7-9-17-46(43)52-33-50(51)54(49)41-27-21-37(22-28-41)35-13-5-2-6-14-35;1-3-12-30(13-4-1)31-14-11-17-35(26-31)48-43-25-23-33(28-39(43)45-37-19-7-9-20-40(37)46-29-44(45)48)32-22-24-42-38(27-32)36-18-8-10-21-41(36)47(42)34-15-5-2-6-16-34/h1-33H;1-29H. The van der Waals surface area contributed by atoms with Gasteiger partial charge in [-0.25, -0.2) is 0 Å². The molecule has 0 spiro atoms. The minimum atomic E-state index is 1.000. The number of rotatable bonds is 9. The first kappa shape index (κ1) is 58.5. The Balaban J connectivity index is 0.000000138. The molecule has 0 fully saturated rings. The maximum Gasteiger partial charge on any atom is 0.0730 e. The van der Waals surface area contributed by atoms with E-state index in [0.717, 1.165) is 55.4 Å². The van der Waals surface area contributed by atoms with Crippen molar-refractivity contribution in [3.8, 4) is 78.4 Å². The molecule has 0 aliphatic rings. The first-order valence-electron chi connectivity index (χ1n) is 34.8. The fourth-order valence-electron chi connectivity index (χ4n) is 16.0. The molecule has 476 valence electrons. The van der Waals surface area contributed by atoms with E-state index in [1.807, 2.05) is 12.4 Å². The molecule has 0 radical (unpaired) electrons. The number of pyridine rings is 2. The normalized spacial score (nSPS) is 11.7. The van der Waals surface area contributed by atoms with Crippen molar-refractivity contribution in [3.63, 3.8) is 0 Å². The van der Waals surface area contributed by atoms with E-state index in [9.17, 15) is 0 Å². The van der Waals surface area contributed by atoms with Gasteiger partial charge < -0.3 is 18.3 Å². The molecule has 21 rings (SSSR count). The molecule has 0 N–H and O–H groups in total. The molecule has 0 saturated carbocycles. The lowest BCUT2D eigenvalue weighted by Crippen LogP contribution is -1.95. The van der Waals surface area contributed by atoms with Gasteiger partial charge in [0.15, 0.2) is 0 Å². The molecule has 0 aliphatic carbocycles. The highest BCUT2D eigenvalue weighted by atomic mass is 15.0. The molecule has 0 aliphatic heterocycles. The summed E-state index contributed by atoms with van der Waals surface area (Å²) in [6.45, 7) is 0. The van der Waals surface area contributed by atoms with Gasteiger partial charge in [0.1, 0.15) is 0 Å². The molecule has 102 heavy (non-hydrogen) atoms. The summed E-state index contributed by atoms with van der Waals surface area (Å²) < 4.78 is 9.50. The molecule has 15 aromatic carbocycles. The number of hydrogen-bond donors (Lipinski definition) is 0. The van der Waals surface area contributed by atoms with E-state index in [1.165, 1.54) is 132 Å². The SMILES string of the molecule is c1ccc(-c2ccc(-n3c4ccccc4c4cc(-c5ccc6c(c5)c5c7ccccc7ncc5n6-c5ccc(-c6ccccc6)cc5)ccc43)cc2)cc1.c1ccc(-c2cccc(-n3c4ccc(-c5ccc6c(c5)c5ccccc5n6-c5ccccc5)cc4c4c5ccccc5ncc43)c2)cc1. The summed E-state index contributed by atoms with van der Waals surface area (Å²) in [5, 5.41) is 12.2. The number of nitrogens with zero attached hydrogens (tertiary/aromatic N) is 6. The zero-order valence-corrected chi connectivity index (χ0v) is 55.5. The van der Waals surface area contributed by atoms with Crippen LogP contribution in [0.4, 0.5) is 0 Å². The Morgan fingerprint density at radius 3 is 0.873 bits per heavy atom. The summed E-state index contributed by atoms with van der Waals surface area (Å²) in [6, 6.07) is 131. The van der Waals surface area contributed by atoms with Gasteiger partial charge in [0, 0.05) is 76.6 Å². The van der Waals surface area contributed by atoms with Crippen molar-refractivity contribution in [2.75, 3.05) is 0 Å². The van der Waals surface area contributed by atoms with Gasteiger partial charge in [-0.2, -0.15) is 0 Å². The molecule has 6 aromatic heterocycles. The van der Waals surface area contributed by atoms with Crippen LogP contribution in [0.15, 0.2) is 376 Å². The van der Waals surface area contributed by atoms with Crippen LogP contribution < -0.4 is 0 Å². The molecular weight excluding hydrogens is 1240 g/mol. The maximum atomic E-state index is 4.92. The van der Waals surface area contributed by atoms with E-state index in [1.54, 1.807) is 0 Å². The van der Waals surface area contributed by atoms with E-state index in [4.69, 9.17) is 9.97 Å². The molecule has 0 atom stereocenters. The van der Waals surface area contributed by atoms with Crippen LogP contribution in [0, 0.1) is 0 Å². The lowest BCUT2D eigenvalue weighted by Gasteiger charge is -2.11. The first-order valence-corrected chi connectivity index (χ1v) is 34.8. The Hall–Kier alpha value is -13.7. The molecule has 6 nitrogen and oxygen atoms in total. The molecule has 21 aromatic rings. The number of aromatic nitrogens is 6. The lowest BCUT2D eigenvalue weighted by atomic mass is 10.00. The van der Waals surface area contributed by atoms with Gasteiger partial charge in [-0.1, -0.05) is 243 Å². The van der Waals surface area contributed by atoms with E-state index >= 15 is 0 Å². The summed E-state index contributed by atoms with van der Waals surface area (Å²) in [5.74, 6) is 0. The van der Waals surface area contributed by atoms with Crippen LogP contribution in [0.3, 0.4) is 0 Å². The smallest absolute Gasteiger partial charge is 0.0730 e. The molecule has 0 amide bonds. The van der Waals surface area contributed by atoms with Crippen molar-refractivity contribution in [2.24, 2.45) is 0 Å². The highest BCUT2D eigenvalue weighted by molar-refractivity contribution is 6.23. The highest BCUT2D eigenvalue weighted by Gasteiger charge is 2.22. The van der Waals surface area contributed by atoms with Gasteiger partial charge in [0.2, 0.25) is 0 Å². The minimum absolute atomic E-state index is 1.000. The summed E-state index contributed by atoms with van der Waals surface area (Å²) in [4.78, 5) is 9.84. The predicted octanol–water partition coefficient (Wildman–Crippen LogP) is 25.2. The third-order valence-electron chi connectivity index (χ3n) is 20.7. The topological polar surface area (TPSA) is 45.5 Å². The van der Waals surface area contributed by atoms with Crippen LogP contribution in [-0.2, 0) is 0 Å². The summed E-state index contributed by atoms with van der Waals surface area (Å²) in [5.41, 5.74) is 27.9. The molecular formula is C96H62N6. The molecule has 0 bridgehead atoms. The second kappa shape index (κ2) is 24.1. The number of benzene rings is 15. The third kappa shape index (κ3) is 9.72. The largest absolute Gasteiger partial charge is 0.309 e. The number of fused-ring (bicyclic) bond motifs is 16. The average molecular weight is 1300 g/mol. The molecule has 6 heterocycles. The highest BCUT2D eigenvalue weighted by Crippen LogP contribution is 2.44. The Morgan fingerprint density at radius 1 is 0.157 bits per heavy atom.